The standard InChI is InChI=1S/C30H29O2P2/c1-3-34(31,4-2)32-27-19-9-10-20-30(27)33(28-21-11-15-23-13-5-7-17-25(23)28)29-22-12-16-24-14-6-8-18-26(24)29/h5-22,31H,3-4H2,1-2H3/q+1. The Morgan fingerprint density at radius 2 is 1.03 bits per heavy atom. The lowest BCUT2D eigenvalue weighted by Gasteiger charge is -2.25. The molecule has 0 aromatic heterocycles. The third-order valence-electron chi connectivity index (χ3n) is 6.38. The van der Waals surface area contributed by atoms with Crippen molar-refractivity contribution in [3.8, 4) is 5.75 Å². The fourth-order valence-corrected chi connectivity index (χ4v) is 8.47. The second-order valence-corrected chi connectivity index (χ2v) is 13.6. The number of para-hydroxylation sites is 1. The summed E-state index contributed by atoms with van der Waals surface area (Å²) < 4.78 is 6.46. The fraction of sp³-hybridized carbons (Fsp3) is 0.133. The first-order chi connectivity index (χ1) is 16.6. The van der Waals surface area contributed by atoms with E-state index in [0.29, 0.717) is 12.3 Å². The number of fused-ring (bicyclic) bond motifs is 2. The highest BCUT2D eigenvalue weighted by Gasteiger charge is 2.36. The van der Waals surface area contributed by atoms with E-state index in [9.17, 15) is 4.89 Å². The van der Waals surface area contributed by atoms with Crippen LogP contribution < -0.4 is 20.4 Å². The first kappa shape index (κ1) is 23.0. The van der Waals surface area contributed by atoms with Crippen molar-refractivity contribution >= 4 is 53.1 Å². The van der Waals surface area contributed by atoms with Crippen molar-refractivity contribution < 1.29 is 9.42 Å². The highest BCUT2D eigenvalue weighted by molar-refractivity contribution is 7.81. The summed E-state index contributed by atoms with van der Waals surface area (Å²) in [5.41, 5.74) is 0. The van der Waals surface area contributed by atoms with Gasteiger partial charge in [-0.2, -0.15) is 0 Å². The number of hydrogen-bond donors (Lipinski definition) is 1. The van der Waals surface area contributed by atoms with Crippen LogP contribution in [-0.4, -0.2) is 17.2 Å². The molecule has 0 fully saturated rings. The van der Waals surface area contributed by atoms with E-state index < -0.39 is 15.6 Å². The molecule has 5 aromatic rings. The molecule has 2 nitrogen and oxygen atoms in total. The fourth-order valence-electron chi connectivity index (χ4n) is 4.45. The second-order valence-electron chi connectivity index (χ2n) is 8.37. The molecule has 34 heavy (non-hydrogen) atoms. The van der Waals surface area contributed by atoms with E-state index in [1.54, 1.807) is 0 Å². The SMILES string of the molecule is CC[P+](O)(CC)Oc1ccccc1P(c1cccc2ccccc12)c1cccc2ccccc12. The van der Waals surface area contributed by atoms with Gasteiger partial charge in [0.2, 0.25) is 0 Å². The topological polar surface area (TPSA) is 29.5 Å². The van der Waals surface area contributed by atoms with E-state index in [1.165, 1.54) is 32.2 Å². The summed E-state index contributed by atoms with van der Waals surface area (Å²) >= 11 is 0. The summed E-state index contributed by atoms with van der Waals surface area (Å²) in [5, 5.41) is 8.73. The third kappa shape index (κ3) is 4.35. The van der Waals surface area contributed by atoms with E-state index in [2.05, 4.69) is 97.1 Å². The second kappa shape index (κ2) is 9.85. The summed E-state index contributed by atoms with van der Waals surface area (Å²) in [6.45, 7) is 4.02. The highest BCUT2D eigenvalue weighted by atomic mass is 31.2. The molecular formula is C30H29O2P2+. The van der Waals surface area contributed by atoms with Gasteiger partial charge in [0.25, 0.3) is 0 Å². The lowest BCUT2D eigenvalue weighted by Crippen LogP contribution is -2.24. The quantitative estimate of drug-likeness (QED) is 0.252. The van der Waals surface area contributed by atoms with Gasteiger partial charge in [-0.05, 0) is 66.1 Å². The molecule has 0 heterocycles. The lowest BCUT2D eigenvalue weighted by atomic mass is 10.1. The first-order valence-corrected chi connectivity index (χ1v) is 15.1. The monoisotopic (exact) mass is 483 g/mol. The van der Waals surface area contributed by atoms with Crippen LogP contribution in [0.15, 0.2) is 109 Å². The van der Waals surface area contributed by atoms with Gasteiger partial charge in [0.15, 0.2) is 5.75 Å². The Morgan fingerprint density at radius 1 is 0.588 bits per heavy atom. The smallest absolute Gasteiger partial charge is 0.315 e. The van der Waals surface area contributed by atoms with E-state index in [4.69, 9.17) is 4.52 Å². The van der Waals surface area contributed by atoms with Crippen molar-refractivity contribution in [2.45, 2.75) is 13.8 Å². The van der Waals surface area contributed by atoms with Crippen LogP contribution in [0.2, 0.25) is 0 Å². The van der Waals surface area contributed by atoms with Gasteiger partial charge in [-0.25, -0.2) is 4.89 Å². The predicted octanol–water partition coefficient (Wildman–Crippen LogP) is 7.01. The van der Waals surface area contributed by atoms with Gasteiger partial charge in [-0.3, -0.25) is 0 Å². The van der Waals surface area contributed by atoms with Crippen molar-refractivity contribution in [2.75, 3.05) is 12.3 Å². The Kier molecular flexibility index (Phi) is 6.66. The first-order valence-electron chi connectivity index (χ1n) is 11.8. The number of benzene rings is 5. The van der Waals surface area contributed by atoms with Gasteiger partial charge in [-0.1, -0.05) is 97.1 Å². The summed E-state index contributed by atoms with van der Waals surface area (Å²) in [4.78, 5) is 11.2. The number of rotatable bonds is 7. The normalized spacial score (nSPS) is 11.9. The van der Waals surface area contributed by atoms with Crippen LogP contribution >= 0.6 is 15.6 Å². The van der Waals surface area contributed by atoms with Crippen LogP contribution in [0.3, 0.4) is 0 Å². The zero-order valence-corrected chi connectivity index (χ0v) is 21.3. The van der Waals surface area contributed by atoms with E-state index in [0.717, 1.165) is 11.1 Å². The zero-order chi connectivity index (χ0) is 23.5. The minimum atomic E-state index is -2.49. The Bertz CT molecular complexity index is 1350. The van der Waals surface area contributed by atoms with Crippen LogP contribution in [0.25, 0.3) is 21.5 Å². The van der Waals surface area contributed by atoms with E-state index in [-0.39, 0.29) is 0 Å². The molecule has 0 amide bonds. The van der Waals surface area contributed by atoms with Crippen molar-refractivity contribution in [1.82, 2.24) is 0 Å². The van der Waals surface area contributed by atoms with Gasteiger partial charge >= 0.3 is 7.72 Å². The summed E-state index contributed by atoms with van der Waals surface area (Å²) in [7, 11) is -3.44. The average molecular weight is 484 g/mol. The molecule has 5 rings (SSSR count). The Labute approximate surface area is 203 Å². The molecule has 0 bridgehead atoms. The van der Waals surface area contributed by atoms with Crippen LogP contribution in [0.5, 0.6) is 5.75 Å². The van der Waals surface area contributed by atoms with Crippen LogP contribution in [0, 0.1) is 0 Å². The molecule has 0 saturated carbocycles. The molecule has 170 valence electrons. The lowest BCUT2D eigenvalue weighted by molar-refractivity contribution is 0.460. The molecule has 0 atom stereocenters. The van der Waals surface area contributed by atoms with Crippen LogP contribution in [0.1, 0.15) is 13.8 Å². The average Bonchev–Trinajstić information content (AvgIpc) is 2.90. The molecule has 5 aromatic carbocycles. The molecule has 0 saturated heterocycles. The van der Waals surface area contributed by atoms with Gasteiger partial charge in [0.1, 0.15) is 12.3 Å². The molecule has 0 unspecified atom stereocenters. The van der Waals surface area contributed by atoms with E-state index >= 15 is 0 Å². The predicted molar refractivity (Wildman–Crippen MR) is 151 cm³/mol. The maximum atomic E-state index is 11.2. The highest BCUT2D eigenvalue weighted by Crippen LogP contribution is 2.55. The Hall–Kier alpha value is -2.76. The molecular weight excluding hydrogens is 454 g/mol. The zero-order valence-electron chi connectivity index (χ0n) is 19.6. The van der Waals surface area contributed by atoms with Gasteiger partial charge < -0.3 is 4.52 Å². The molecule has 0 aliphatic rings. The van der Waals surface area contributed by atoms with E-state index in [1.807, 2.05) is 26.0 Å². The summed E-state index contributed by atoms with van der Waals surface area (Å²) in [5.74, 6) is 0.800. The van der Waals surface area contributed by atoms with Crippen molar-refractivity contribution in [1.29, 1.82) is 0 Å². The maximum absolute atomic E-state index is 11.2. The minimum Gasteiger partial charge on any atom is -0.319 e. The molecule has 1 N–H and O–H groups in total. The Balaban J connectivity index is 1.81. The largest absolute Gasteiger partial charge is 0.319 e. The molecule has 0 aliphatic carbocycles. The van der Waals surface area contributed by atoms with Gasteiger partial charge in [0, 0.05) is 5.30 Å². The van der Waals surface area contributed by atoms with Crippen molar-refractivity contribution in [2.24, 2.45) is 0 Å². The van der Waals surface area contributed by atoms with Crippen molar-refractivity contribution in [3.05, 3.63) is 109 Å². The summed E-state index contributed by atoms with van der Waals surface area (Å²) in [6, 6.07) is 38.7. The molecule has 0 spiro atoms. The summed E-state index contributed by atoms with van der Waals surface area (Å²) in [6.07, 6.45) is 1.27. The van der Waals surface area contributed by atoms with Crippen molar-refractivity contribution in [3.63, 3.8) is 0 Å². The van der Waals surface area contributed by atoms with Crippen LogP contribution in [-0.2, 0) is 0 Å². The minimum absolute atomic E-state index is 0.637. The number of hydrogen-bond acceptors (Lipinski definition) is 2. The Morgan fingerprint density at radius 3 is 1.59 bits per heavy atom. The third-order valence-corrected chi connectivity index (χ3v) is 11.5. The van der Waals surface area contributed by atoms with Crippen LogP contribution in [0.4, 0.5) is 0 Å². The maximum Gasteiger partial charge on any atom is 0.315 e. The molecule has 4 heteroatoms. The molecule has 0 radical (unpaired) electrons. The van der Waals surface area contributed by atoms with Gasteiger partial charge in [-0.15, -0.1) is 0 Å². The van der Waals surface area contributed by atoms with Gasteiger partial charge in [0.05, 0.1) is 0 Å². The molecule has 0 aliphatic heterocycles.